The summed E-state index contributed by atoms with van der Waals surface area (Å²) in [6.07, 6.45) is 1.02. The van der Waals surface area contributed by atoms with E-state index < -0.39 is 5.97 Å². The summed E-state index contributed by atoms with van der Waals surface area (Å²) < 4.78 is 12.4. The highest BCUT2D eigenvalue weighted by Gasteiger charge is 2.24. The third kappa shape index (κ3) is 1.89. The molecule has 2 aromatic rings. The molecule has 1 N–H and O–H groups in total. The summed E-state index contributed by atoms with van der Waals surface area (Å²) in [6.45, 7) is 3.19. The van der Waals surface area contributed by atoms with Crippen LogP contribution < -0.4 is 9.47 Å². The number of ether oxygens (including phenoxy) is 2. The van der Waals surface area contributed by atoms with Gasteiger partial charge in [-0.2, -0.15) is 0 Å². The summed E-state index contributed by atoms with van der Waals surface area (Å²) in [5.41, 5.74) is 1.21. The number of hydrogen-bond acceptors (Lipinski definition) is 4. The first-order valence-electron chi connectivity index (χ1n) is 6.19. The maximum absolute atomic E-state index is 11.7. The van der Waals surface area contributed by atoms with Crippen molar-refractivity contribution in [2.45, 2.75) is 26.6 Å². The number of hydrogen-bond donors (Lipinski definition) is 1. The van der Waals surface area contributed by atoms with E-state index in [0.29, 0.717) is 28.0 Å². The highest BCUT2D eigenvalue weighted by molar-refractivity contribution is 5.97. The predicted molar refractivity (Wildman–Crippen MR) is 70.3 cm³/mol. The Morgan fingerprint density at radius 1 is 1.30 bits per heavy atom. The van der Waals surface area contributed by atoms with Crippen LogP contribution in [-0.2, 0) is 11.2 Å². The Kier molecular flexibility index (Phi) is 2.67. The highest BCUT2D eigenvalue weighted by atomic mass is 16.7. The largest absolute Gasteiger partial charge is 0.481 e. The van der Waals surface area contributed by atoms with Crippen molar-refractivity contribution in [3.63, 3.8) is 0 Å². The SMILES string of the molecule is CC(=O)n1cc(CC(=O)O)c2cc3c(cc21)OC(C)O3. The molecule has 3 rings (SSSR count). The summed E-state index contributed by atoms with van der Waals surface area (Å²) in [5, 5.41) is 9.65. The predicted octanol–water partition coefficient (Wildman–Crippen LogP) is 2.05. The molecule has 0 fully saturated rings. The average Bonchev–Trinajstić information content (AvgIpc) is 2.85. The van der Waals surface area contributed by atoms with Gasteiger partial charge >= 0.3 is 5.97 Å². The Morgan fingerprint density at radius 2 is 1.95 bits per heavy atom. The Labute approximate surface area is 114 Å². The summed E-state index contributed by atoms with van der Waals surface area (Å²) >= 11 is 0. The van der Waals surface area contributed by atoms with Gasteiger partial charge in [0.25, 0.3) is 0 Å². The first kappa shape index (κ1) is 12.5. The normalized spacial score (nSPS) is 16.6. The van der Waals surface area contributed by atoms with Crippen molar-refractivity contribution in [3.8, 4) is 11.5 Å². The van der Waals surface area contributed by atoms with Crippen molar-refractivity contribution in [1.82, 2.24) is 4.57 Å². The van der Waals surface area contributed by atoms with Gasteiger partial charge in [-0.3, -0.25) is 14.2 Å². The number of aromatic nitrogens is 1. The van der Waals surface area contributed by atoms with Crippen LogP contribution in [0, 0.1) is 0 Å². The van der Waals surface area contributed by atoms with Gasteiger partial charge in [-0.1, -0.05) is 0 Å². The number of fused-ring (bicyclic) bond motifs is 2. The van der Waals surface area contributed by atoms with Gasteiger partial charge in [0.1, 0.15) is 0 Å². The minimum atomic E-state index is -0.946. The first-order chi connectivity index (χ1) is 9.45. The van der Waals surface area contributed by atoms with Crippen molar-refractivity contribution in [3.05, 3.63) is 23.9 Å². The van der Waals surface area contributed by atoms with Crippen LogP contribution in [0.25, 0.3) is 10.9 Å². The van der Waals surface area contributed by atoms with E-state index in [0.717, 1.165) is 0 Å². The lowest BCUT2D eigenvalue weighted by atomic mass is 10.1. The molecule has 0 saturated carbocycles. The lowest BCUT2D eigenvalue weighted by Crippen LogP contribution is -2.11. The number of rotatable bonds is 2. The minimum Gasteiger partial charge on any atom is -0.481 e. The second-order valence-corrected chi connectivity index (χ2v) is 4.73. The molecule has 6 nitrogen and oxygen atoms in total. The quantitative estimate of drug-likeness (QED) is 0.907. The van der Waals surface area contributed by atoms with Crippen LogP contribution in [0.5, 0.6) is 11.5 Å². The van der Waals surface area contributed by atoms with Crippen LogP contribution in [0.2, 0.25) is 0 Å². The first-order valence-corrected chi connectivity index (χ1v) is 6.19. The van der Waals surface area contributed by atoms with E-state index in [1.807, 2.05) is 0 Å². The van der Waals surface area contributed by atoms with Gasteiger partial charge in [0.15, 0.2) is 11.5 Å². The second kappa shape index (κ2) is 4.26. The molecule has 0 aliphatic carbocycles. The van der Waals surface area contributed by atoms with E-state index >= 15 is 0 Å². The number of carboxylic acid groups (broad SMARTS) is 1. The van der Waals surface area contributed by atoms with Crippen LogP contribution in [0.3, 0.4) is 0 Å². The summed E-state index contributed by atoms with van der Waals surface area (Å²) in [6, 6.07) is 3.44. The second-order valence-electron chi connectivity index (χ2n) is 4.73. The number of carboxylic acids is 1. The fourth-order valence-corrected chi connectivity index (χ4v) is 2.43. The zero-order valence-electron chi connectivity index (χ0n) is 11.0. The zero-order chi connectivity index (χ0) is 14.4. The third-order valence-corrected chi connectivity index (χ3v) is 3.22. The lowest BCUT2D eigenvalue weighted by Gasteiger charge is -2.01. The van der Waals surface area contributed by atoms with E-state index in [4.69, 9.17) is 14.6 Å². The van der Waals surface area contributed by atoms with Crippen LogP contribution >= 0.6 is 0 Å². The van der Waals surface area contributed by atoms with E-state index in [9.17, 15) is 9.59 Å². The summed E-state index contributed by atoms with van der Waals surface area (Å²) in [5.74, 6) is 0.00241. The summed E-state index contributed by atoms with van der Waals surface area (Å²) in [4.78, 5) is 22.6. The van der Waals surface area contributed by atoms with Gasteiger partial charge in [0.05, 0.1) is 11.9 Å². The molecule has 6 heteroatoms. The van der Waals surface area contributed by atoms with Gasteiger partial charge in [-0.05, 0) is 11.6 Å². The molecule has 0 saturated heterocycles. The lowest BCUT2D eigenvalue weighted by molar-refractivity contribution is -0.136. The van der Waals surface area contributed by atoms with Gasteiger partial charge in [0.2, 0.25) is 12.2 Å². The van der Waals surface area contributed by atoms with Crippen molar-refractivity contribution in [2.75, 3.05) is 0 Å². The summed E-state index contributed by atoms with van der Waals surface area (Å²) in [7, 11) is 0. The van der Waals surface area contributed by atoms with E-state index in [2.05, 4.69) is 0 Å². The molecule has 1 atom stereocenters. The maximum Gasteiger partial charge on any atom is 0.307 e. The Balaban J connectivity index is 2.23. The molecule has 1 unspecified atom stereocenters. The third-order valence-electron chi connectivity index (χ3n) is 3.22. The smallest absolute Gasteiger partial charge is 0.307 e. The molecule has 1 aliphatic rings. The van der Waals surface area contributed by atoms with Crippen LogP contribution in [0.1, 0.15) is 24.2 Å². The van der Waals surface area contributed by atoms with Gasteiger partial charge in [-0.15, -0.1) is 0 Å². The molecule has 1 aromatic carbocycles. The van der Waals surface area contributed by atoms with Crippen LogP contribution in [-0.4, -0.2) is 27.8 Å². The Hall–Kier alpha value is -2.50. The van der Waals surface area contributed by atoms with Crippen LogP contribution in [0.15, 0.2) is 18.3 Å². The van der Waals surface area contributed by atoms with Gasteiger partial charge in [0, 0.05) is 31.5 Å². The van der Waals surface area contributed by atoms with Crippen LogP contribution in [0.4, 0.5) is 0 Å². The molecular weight excluding hydrogens is 262 g/mol. The van der Waals surface area contributed by atoms with Gasteiger partial charge < -0.3 is 14.6 Å². The van der Waals surface area contributed by atoms with Crippen molar-refractivity contribution in [1.29, 1.82) is 0 Å². The molecule has 1 aromatic heterocycles. The van der Waals surface area contributed by atoms with Gasteiger partial charge in [-0.25, -0.2) is 0 Å². The highest BCUT2D eigenvalue weighted by Crippen LogP contribution is 2.39. The van der Waals surface area contributed by atoms with Crippen molar-refractivity contribution in [2.24, 2.45) is 0 Å². The fraction of sp³-hybridized carbons (Fsp3) is 0.286. The molecule has 2 heterocycles. The fourth-order valence-electron chi connectivity index (χ4n) is 2.43. The topological polar surface area (TPSA) is 77.8 Å². The number of aliphatic carboxylic acids is 1. The number of carbonyl (C=O) groups is 2. The molecule has 104 valence electrons. The molecule has 20 heavy (non-hydrogen) atoms. The van der Waals surface area contributed by atoms with Crippen molar-refractivity contribution < 1.29 is 24.2 Å². The minimum absolute atomic E-state index is 0.147. The molecule has 1 aliphatic heterocycles. The maximum atomic E-state index is 11.7. The molecular formula is C14H13NO5. The molecule has 0 radical (unpaired) electrons. The number of nitrogens with zero attached hydrogens (tertiary/aromatic N) is 1. The standard InChI is InChI=1S/C14H13NO5/c1-7(16)15-6-9(3-14(17)18)10-4-12-13(5-11(10)15)20-8(2)19-12/h4-6,8H,3H2,1-2H3,(H,17,18). The average molecular weight is 275 g/mol. The van der Waals surface area contributed by atoms with E-state index in [1.54, 1.807) is 25.3 Å². The van der Waals surface area contributed by atoms with E-state index in [-0.39, 0.29) is 18.6 Å². The zero-order valence-corrected chi connectivity index (χ0v) is 11.0. The van der Waals surface area contributed by atoms with E-state index in [1.165, 1.54) is 11.5 Å². The Bertz CT molecular complexity index is 731. The molecule has 0 amide bonds. The van der Waals surface area contributed by atoms with Crippen molar-refractivity contribution >= 4 is 22.8 Å². The molecule has 0 spiro atoms. The Morgan fingerprint density at radius 3 is 2.55 bits per heavy atom. The monoisotopic (exact) mass is 275 g/mol. The number of benzene rings is 1. The molecule has 0 bridgehead atoms. The number of carbonyl (C=O) groups excluding carboxylic acids is 1.